The number of anilines is 1. The van der Waals surface area contributed by atoms with Crippen LogP contribution in [0.2, 0.25) is 0 Å². The molecule has 0 spiro atoms. The fraction of sp³-hybridized carbons (Fsp3) is 0.500. The Morgan fingerprint density at radius 1 is 1.14 bits per heavy atom. The highest BCUT2D eigenvalue weighted by atomic mass is 16.2. The van der Waals surface area contributed by atoms with E-state index in [-0.39, 0.29) is 18.4 Å². The van der Waals surface area contributed by atoms with Gasteiger partial charge in [-0.25, -0.2) is 0 Å². The maximum Gasteiger partial charge on any atom is 0.253 e. The van der Waals surface area contributed by atoms with E-state index in [1.54, 1.807) is 43.0 Å². The van der Waals surface area contributed by atoms with E-state index < -0.39 is 5.41 Å². The Morgan fingerprint density at radius 2 is 1.67 bits per heavy atom. The first kappa shape index (κ1) is 17.2. The number of nitrogens with zero attached hydrogens (tertiary/aromatic N) is 1. The average Bonchev–Trinajstić information content (AvgIpc) is 2.49. The Balaban J connectivity index is 2.79. The Labute approximate surface area is 126 Å². The van der Waals surface area contributed by atoms with Crippen LogP contribution in [0.25, 0.3) is 0 Å². The summed E-state index contributed by atoms with van der Waals surface area (Å²) in [4.78, 5) is 25.9. The lowest BCUT2D eigenvalue weighted by molar-refractivity contribution is -0.123. The van der Waals surface area contributed by atoms with Crippen LogP contribution in [0.5, 0.6) is 0 Å². The number of hydrogen-bond acceptors (Lipinski definition) is 3. The van der Waals surface area contributed by atoms with Crippen LogP contribution >= 0.6 is 0 Å². The van der Waals surface area contributed by atoms with E-state index >= 15 is 0 Å². The largest absolute Gasteiger partial charge is 0.339 e. The van der Waals surface area contributed by atoms with Gasteiger partial charge in [0.05, 0.1) is 5.41 Å². The molecule has 116 valence electrons. The number of rotatable bonds is 6. The normalized spacial score (nSPS) is 11.1. The van der Waals surface area contributed by atoms with Crippen LogP contribution in [0.1, 0.15) is 38.1 Å². The monoisotopic (exact) mass is 291 g/mol. The Kier molecular flexibility index (Phi) is 5.90. The van der Waals surface area contributed by atoms with Crippen LogP contribution in [0.4, 0.5) is 5.69 Å². The molecule has 0 bridgehead atoms. The summed E-state index contributed by atoms with van der Waals surface area (Å²) in [7, 11) is 0. The summed E-state index contributed by atoms with van der Waals surface area (Å²) in [5.41, 5.74) is 6.25. The van der Waals surface area contributed by atoms with Gasteiger partial charge in [0, 0.05) is 30.9 Å². The molecule has 21 heavy (non-hydrogen) atoms. The van der Waals surface area contributed by atoms with E-state index in [1.165, 1.54) is 0 Å². The number of carbonyl (C=O) groups is 2. The molecule has 3 N–H and O–H groups in total. The van der Waals surface area contributed by atoms with Crippen molar-refractivity contribution >= 4 is 17.5 Å². The first-order valence-electron chi connectivity index (χ1n) is 7.26. The predicted molar refractivity (Wildman–Crippen MR) is 85.2 cm³/mol. The fourth-order valence-electron chi connectivity index (χ4n) is 1.78. The van der Waals surface area contributed by atoms with Gasteiger partial charge in [0.2, 0.25) is 5.91 Å². The van der Waals surface area contributed by atoms with Crippen molar-refractivity contribution in [2.75, 3.05) is 25.0 Å². The number of amides is 2. The second-order valence-electron chi connectivity index (χ2n) is 5.60. The molecular formula is C16H25N3O2. The first-order chi connectivity index (χ1) is 9.85. The Hall–Kier alpha value is -1.88. The molecule has 0 fully saturated rings. The lowest BCUT2D eigenvalue weighted by Crippen LogP contribution is -2.37. The van der Waals surface area contributed by atoms with Crippen molar-refractivity contribution in [3.63, 3.8) is 0 Å². The highest BCUT2D eigenvalue weighted by molar-refractivity contribution is 5.97. The lowest BCUT2D eigenvalue weighted by atomic mass is 9.92. The zero-order chi connectivity index (χ0) is 16.0. The van der Waals surface area contributed by atoms with Gasteiger partial charge in [-0.1, -0.05) is 0 Å². The van der Waals surface area contributed by atoms with Crippen molar-refractivity contribution in [1.82, 2.24) is 4.90 Å². The molecule has 0 heterocycles. The summed E-state index contributed by atoms with van der Waals surface area (Å²) in [5, 5.41) is 2.81. The van der Waals surface area contributed by atoms with Crippen LogP contribution in [0.3, 0.4) is 0 Å². The molecule has 1 aromatic carbocycles. The highest BCUT2D eigenvalue weighted by Crippen LogP contribution is 2.18. The number of benzene rings is 1. The molecular weight excluding hydrogens is 266 g/mol. The van der Waals surface area contributed by atoms with Gasteiger partial charge in [-0.3, -0.25) is 9.59 Å². The molecule has 5 nitrogen and oxygen atoms in total. The number of nitrogens with two attached hydrogens (primary N) is 1. The molecule has 0 atom stereocenters. The van der Waals surface area contributed by atoms with Crippen molar-refractivity contribution in [1.29, 1.82) is 0 Å². The average molecular weight is 291 g/mol. The van der Waals surface area contributed by atoms with Gasteiger partial charge >= 0.3 is 0 Å². The highest BCUT2D eigenvalue weighted by Gasteiger charge is 2.25. The quantitative estimate of drug-likeness (QED) is 0.842. The van der Waals surface area contributed by atoms with Gasteiger partial charge in [-0.05, 0) is 52.0 Å². The molecule has 1 rings (SSSR count). The lowest BCUT2D eigenvalue weighted by Gasteiger charge is -2.21. The summed E-state index contributed by atoms with van der Waals surface area (Å²) in [6, 6.07) is 6.93. The molecule has 5 heteroatoms. The molecule has 0 aromatic heterocycles. The number of nitrogens with one attached hydrogen (secondary N) is 1. The molecule has 0 radical (unpaired) electrons. The second-order valence-corrected chi connectivity index (χ2v) is 5.60. The smallest absolute Gasteiger partial charge is 0.253 e. The standard InChI is InChI=1S/C16H25N3O2/c1-5-19(6-2)14(20)12-7-9-13(10-8-12)18-15(21)16(3,4)11-17/h7-10H,5-6,11,17H2,1-4H3,(H,18,21). The second kappa shape index (κ2) is 7.22. The van der Waals surface area contributed by atoms with Crippen molar-refractivity contribution in [3.05, 3.63) is 29.8 Å². The topological polar surface area (TPSA) is 75.4 Å². The van der Waals surface area contributed by atoms with E-state index in [1.807, 2.05) is 13.8 Å². The van der Waals surface area contributed by atoms with E-state index in [0.717, 1.165) is 0 Å². The summed E-state index contributed by atoms with van der Waals surface area (Å²) in [6.45, 7) is 9.12. The molecule has 2 amide bonds. The summed E-state index contributed by atoms with van der Waals surface area (Å²) >= 11 is 0. The molecule has 0 aliphatic rings. The first-order valence-corrected chi connectivity index (χ1v) is 7.26. The SMILES string of the molecule is CCN(CC)C(=O)c1ccc(NC(=O)C(C)(C)CN)cc1. The van der Waals surface area contributed by atoms with Crippen molar-refractivity contribution in [2.45, 2.75) is 27.7 Å². The van der Waals surface area contributed by atoms with Crippen LogP contribution in [-0.4, -0.2) is 36.3 Å². The maximum absolute atomic E-state index is 12.2. The van der Waals surface area contributed by atoms with E-state index in [4.69, 9.17) is 5.73 Å². The molecule has 0 aliphatic carbocycles. The molecule has 1 aromatic rings. The zero-order valence-corrected chi connectivity index (χ0v) is 13.3. The van der Waals surface area contributed by atoms with Gasteiger partial charge < -0.3 is 16.0 Å². The molecule has 0 aliphatic heterocycles. The Bertz CT molecular complexity index is 491. The van der Waals surface area contributed by atoms with E-state index in [9.17, 15) is 9.59 Å². The van der Waals surface area contributed by atoms with Gasteiger partial charge in [0.25, 0.3) is 5.91 Å². The van der Waals surface area contributed by atoms with E-state index in [2.05, 4.69) is 5.32 Å². The van der Waals surface area contributed by atoms with Crippen LogP contribution in [-0.2, 0) is 4.79 Å². The third-order valence-electron chi connectivity index (χ3n) is 3.57. The van der Waals surface area contributed by atoms with Gasteiger partial charge in [0.15, 0.2) is 0 Å². The fourth-order valence-corrected chi connectivity index (χ4v) is 1.78. The van der Waals surface area contributed by atoms with Crippen molar-refractivity contribution < 1.29 is 9.59 Å². The minimum Gasteiger partial charge on any atom is -0.339 e. The van der Waals surface area contributed by atoms with Gasteiger partial charge in [0.1, 0.15) is 0 Å². The van der Waals surface area contributed by atoms with Crippen LogP contribution < -0.4 is 11.1 Å². The molecule has 0 unspecified atom stereocenters. The molecule has 0 saturated carbocycles. The maximum atomic E-state index is 12.2. The van der Waals surface area contributed by atoms with Crippen molar-refractivity contribution in [2.24, 2.45) is 11.1 Å². The minimum atomic E-state index is -0.615. The predicted octanol–water partition coefficient (Wildman–Crippen LogP) is 2.09. The summed E-state index contributed by atoms with van der Waals surface area (Å²) in [6.07, 6.45) is 0. The number of hydrogen-bond donors (Lipinski definition) is 2. The van der Waals surface area contributed by atoms with E-state index in [0.29, 0.717) is 24.3 Å². The summed E-state index contributed by atoms with van der Waals surface area (Å²) < 4.78 is 0. The third-order valence-corrected chi connectivity index (χ3v) is 3.57. The summed E-state index contributed by atoms with van der Waals surface area (Å²) in [5.74, 6) is -0.131. The number of carbonyl (C=O) groups excluding carboxylic acids is 2. The van der Waals surface area contributed by atoms with Gasteiger partial charge in [-0.15, -0.1) is 0 Å². The minimum absolute atomic E-state index is 0.000152. The van der Waals surface area contributed by atoms with Crippen LogP contribution in [0, 0.1) is 5.41 Å². The third kappa shape index (κ3) is 4.29. The molecule has 0 saturated heterocycles. The van der Waals surface area contributed by atoms with Gasteiger partial charge in [-0.2, -0.15) is 0 Å². The Morgan fingerprint density at radius 3 is 2.10 bits per heavy atom. The zero-order valence-electron chi connectivity index (χ0n) is 13.3. The van der Waals surface area contributed by atoms with Crippen LogP contribution in [0.15, 0.2) is 24.3 Å². The van der Waals surface area contributed by atoms with Crippen molar-refractivity contribution in [3.8, 4) is 0 Å².